The van der Waals surface area contributed by atoms with Crippen LogP contribution in [0.3, 0.4) is 0 Å². The van der Waals surface area contributed by atoms with E-state index in [0.717, 1.165) is 13.1 Å². The van der Waals surface area contributed by atoms with Crippen LogP contribution >= 0.6 is 0 Å². The highest BCUT2D eigenvalue weighted by atomic mass is 16.5. The van der Waals surface area contributed by atoms with Gasteiger partial charge in [-0.1, -0.05) is 6.92 Å². The number of hydrogen-bond donors (Lipinski definition) is 1. The van der Waals surface area contributed by atoms with Crippen molar-refractivity contribution in [3.63, 3.8) is 0 Å². The monoisotopic (exact) mass is 361 g/mol. The minimum Gasteiger partial charge on any atom is -0.493 e. The van der Waals surface area contributed by atoms with Gasteiger partial charge in [0.15, 0.2) is 11.5 Å². The Balaban J connectivity index is 1.59. The van der Waals surface area contributed by atoms with E-state index >= 15 is 0 Å². The van der Waals surface area contributed by atoms with Crippen molar-refractivity contribution in [1.82, 2.24) is 15.1 Å². The summed E-state index contributed by atoms with van der Waals surface area (Å²) in [7, 11) is 3.12. The van der Waals surface area contributed by atoms with Gasteiger partial charge in [-0.15, -0.1) is 0 Å². The predicted molar refractivity (Wildman–Crippen MR) is 97.6 cm³/mol. The van der Waals surface area contributed by atoms with Gasteiger partial charge in [0.2, 0.25) is 5.91 Å². The molecule has 3 rings (SSSR count). The Kier molecular flexibility index (Phi) is 5.66. The number of ether oxygens (including phenoxy) is 2. The molecule has 1 unspecified atom stereocenters. The first-order valence-electron chi connectivity index (χ1n) is 9.06. The van der Waals surface area contributed by atoms with E-state index in [0.29, 0.717) is 49.2 Å². The molecule has 2 amide bonds. The van der Waals surface area contributed by atoms with E-state index in [-0.39, 0.29) is 17.7 Å². The largest absolute Gasteiger partial charge is 0.493 e. The minimum atomic E-state index is -0.0470. The van der Waals surface area contributed by atoms with Crippen molar-refractivity contribution in [2.75, 3.05) is 53.5 Å². The van der Waals surface area contributed by atoms with Crippen LogP contribution in [0.1, 0.15) is 17.3 Å². The van der Waals surface area contributed by atoms with Crippen LogP contribution < -0.4 is 14.8 Å². The third-order valence-corrected chi connectivity index (χ3v) is 5.42. The summed E-state index contributed by atoms with van der Waals surface area (Å²) in [5.41, 5.74) is 0.566. The molecule has 142 valence electrons. The summed E-state index contributed by atoms with van der Waals surface area (Å²) >= 11 is 0. The molecule has 0 aromatic heterocycles. The lowest BCUT2D eigenvalue weighted by atomic mass is 9.88. The molecule has 1 N–H and O–H groups in total. The zero-order valence-corrected chi connectivity index (χ0v) is 15.7. The summed E-state index contributed by atoms with van der Waals surface area (Å²) in [6.07, 6.45) is 0. The molecule has 1 aromatic carbocycles. The Morgan fingerprint density at radius 2 is 1.65 bits per heavy atom. The second-order valence-corrected chi connectivity index (χ2v) is 6.89. The van der Waals surface area contributed by atoms with Gasteiger partial charge in [0.1, 0.15) is 0 Å². The second-order valence-electron chi connectivity index (χ2n) is 6.89. The van der Waals surface area contributed by atoms with Gasteiger partial charge in [-0.25, -0.2) is 0 Å². The first-order valence-corrected chi connectivity index (χ1v) is 9.06. The third-order valence-electron chi connectivity index (χ3n) is 5.42. The first kappa shape index (κ1) is 18.5. The number of hydrogen-bond acceptors (Lipinski definition) is 5. The lowest BCUT2D eigenvalue weighted by Crippen LogP contribution is -2.55. The van der Waals surface area contributed by atoms with E-state index in [1.807, 2.05) is 11.8 Å². The van der Waals surface area contributed by atoms with Crippen LogP contribution in [0.15, 0.2) is 18.2 Å². The van der Waals surface area contributed by atoms with E-state index in [2.05, 4.69) is 5.32 Å². The first-order chi connectivity index (χ1) is 12.5. The fourth-order valence-corrected chi connectivity index (χ4v) is 3.44. The van der Waals surface area contributed by atoms with Gasteiger partial charge in [0.25, 0.3) is 5.91 Å². The molecule has 1 aromatic rings. The van der Waals surface area contributed by atoms with Gasteiger partial charge in [-0.05, 0) is 37.2 Å². The molecule has 0 aliphatic carbocycles. The standard InChI is InChI=1S/C19H27N3O4/c1-13(15-11-20-12-15)18(23)21-6-8-22(9-7-21)19(24)14-4-5-16(25-2)17(10-14)26-3/h4-5,10,13,15,20H,6-9,11-12H2,1-3H3. The number of rotatable bonds is 5. The second kappa shape index (κ2) is 7.95. The smallest absolute Gasteiger partial charge is 0.254 e. The molecule has 2 heterocycles. The molecule has 26 heavy (non-hydrogen) atoms. The van der Waals surface area contributed by atoms with Gasteiger partial charge in [0.05, 0.1) is 14.2 Å². The zero-order valence-electron chi connectivity index (χ0n) is 15.7. The average molecular weight is 361 g/mol. The van der Waals surface area contributed by atoms with E-state index in [4.69, 9.17) is 9.47 Å². The van der Waals surface area contributed by atoms with Crippen LogP contribution in [0.25, 0.3) is 0 Å². The zero-order chi connectivity index (χ0) is 18.7. The number of nitrogens with zero attached hydrogens (tertiary/aromatic N) is 2. The van der Waals surface area contributed by atoms with Gasteiger partial charge < -0.3 is 24.6 Å². The van der Waals surface area contributed by atoms with Crippen molar-refractivity contribution in [2.45, 2.75) is 6.92 Å². The summed E-state index contributed by atoms with van der Waals surface area (Å²) in [4.78, 5) is 29.0. The number of piperazine rings is 1. The van der Waals surface area contributed by atoms with Crippen LogP contribution in [-0.4, -0.2) is 75.1 Å². The Morgan fingerprint density at radius 1 is 1.04 bits per heavy atom. The number of benzene rings is 1. The molecule has 2 fully saturated rings. The van der Waals surface area contributed by atoms with Crippen LogP contribution in [-0.2, 0) is 4.79 Å². The van der Waals surface area contributed by atoms with Crippen molar-refractivity contribution in [3.8, 4) is 11.5 Å². The molecular formula is C19H27N3O4. The lowest BCUT2D eigenvalue weighted by molar-refractivity contribution is -0.138. The maximum Gasteiger partial charge on any atom is 0.254 e. The van der Waals surface area contributed by atoms with Crippen molar-refractivity contribution in [3.05, 3.63) is 23.8 Å². The molecule has 2 saturated heterocycles. The topological polar surface area (TPSA) is 71.1 Å². The summed E-state index contributed by atoms with van der Waals surface area (Å²) < 4.78 is 10.5. The lowest BCUT2D eigenvalue weighted by Gasteiger charge is -2.39. The van der Waals surface area contributed by atoms with Gasteiger partial charge >= 0.3 is 0 Å². The van der Waals surface area contributed by atoms with Gasteiger partial charge in [0, 0.05) is 37.7 Å². The minimum absolute atomic E-state index is 0.0457. The van der Waals surface area contributed by atoms with Crippen molar-refractivity contribution in [1.29, 1.82) is 0 Å². The SMILES string of the molecule is COc1ccc(C(=O)N2CCN(C(=O)C(C)C3CNC3)CC2)cc1OC. The highest BCUT2D eigenvalue weighted by molar-refractivity contribution is 5.95. The number of carbonyl (C=O) groups excluding carboxylic acids is 2. The summed E-state index contributed by atoms with van der Waals surface area (Å²) in [6, 6.07) is 5.18. The van der Waals surface area contributed by atoms with E-state index in [1.54, 1.807) is 37.3 Å². The molecule has 0 bridgehead atoms. The summed E-state index contributed by atoms with van der Waals surface area (Å²) in [6.45, 7) is 6.12. The maximum atomic E-state index is 12.8. The van der Waals surface area contributed by atoms with Crippen LogP contribution in [0.2, 0.25) is 0 Å². The molecule has 7 heteroatoms. The third kappa shape index (κ3) is 3.62. The van der Waals surface area contributed by atoms with Crippen LogP contribution in [0.5, 0.6) is 11.5 Å². The normalized spacial score (nSPS) is 18.9. The Labute approximate surface area is 154 Å². The molecule has 0 radical (unpaired) electrons. The van der Waals surface area contributed by atoms with E-state index in [1.165, 1.54) is 0 Å². The fraction of sp³-hybridized carbons (Fsp3) is 0.579. The average Bonchev–Trinajstić information content (AvgIpc) is 2.64. The highest BCUT2D eigenvalue weighted by Gasteiger charge is 2.33. The number of methoxy groups -OCH3 is 2. The van der Waals surface area contributed by atoms with E-state index < -0.39 is 0 Å². The van der Waals surface area contributed by atoms with Crippen LogP contribution in [0, 0.1) is 11.8 Å². The molecular weight excluding hydrogens is 334 g/mol. The van der Waals surface area contributed by atoms with Crippen LogP contribution in [0.4, 0.5) is 0 Å². The molecule has 7 nitrogen and oxygen atoms in total. The molecule has 2 aliphatic rings. The number of nitrogens with one attached hydrogen (secondary N) is 1. The predicted octanol–water partition coefficient (Wildman–Crippen LogP) is 0.844. The Hall–Kier alpha value is -2.28. The molecule has 0 saturated carbocycles. The maximum absolute atomic E-state index is 12.8. The molecule has 2 aliphatic heterocycles. The fourth-order valence-electron chi connectivity index (χ4n) is 3.44. The highest BCUT2D eigenvalue weighted by Crippen LogP contribution is 2.28. The Morgan fingerprint density at radius 3 is 2.19 bits per heavy atom. The molecule has 1 atom stereocenters. The summed E-state index contributed by atoms with van der Waals surface area (Å²) in [5.74, 6) is 1.77. The quantitative estimate of drug-likeness (QED) is 0.842. The van der Waals surface area contributed by atoms with Gasteiger partial charge in [-0.3, -0.25) is 9.59 Å². The molecule has 0 spiro atoms. The van der Waals surface area contributed by atoms with Crippen molar-refractivity contribution < 1.29 is 19.1 Å². The van der Waals surface area contributed by atoms with Crippen molar-refractivity contribution in [2.24, 2.45) is 11.8 Å². The van der Waals surface area contributed by atoms with Gasteiger partial charge in [-0.2, -0.15) is 0 Å². The Bertz CT molecular complexity index is 667. The number of carbonyl (C=O) groups is 2. The van der Waals surface area contributed by atoms with Crippen molar-refractivity contribution >= 4 is 11.8 Å². The number of amides is 2. The summed E-state index contributed by atoms with van der Waals surface area (Å²) in [5, 5.41) is 3.21. The van der Waals surface area contributed by atoms with E-state index in [9.17, 15) is 9.59 Å².